The van der Waals surface area contributed by atoms with Gasteiger partial charge >= 0.3 is 0 Å². The van der Waals surface area contributed by atoms with Crippen LogP contribution in [0.25, 0.3) is 0 Å². The van der Waals surface area contributed by atoms with Crippen LogP contribution >= 0.6 is 0 Å². The Labute approximate surface area is 107 Å². The highest BCUT2D eigenvalue weighted by Crippen LogP contribution is 2.25. The fourth-order valence-electron chi connectivity index (χ4n) is 3.04. The van der Waals surface area contributed by atoms with E-state index in [0.29, 0.717) is 18.6 Å². The van der Waals surface area contributed by atoms with Crippen LogP contribution < -0.4 is 4.90 Å². The van der Waals surface area contributed by atoms with Crippen LogP contribution in [0, 0.1) is 5.92 Å². The zero-order chi connectivity index (χ0) is 12.4. The molecule has 1 unspecified atom stereocenters. The number of anilines is 1. The summed E-state index contributed by atoms with van der Waals surface area (Å²) in [5, 5.41) is 9.25. The topological polar surface area (TPSA) is 52.5 Å². The van der Waals surface area contributed by atoms with Crippen LogP contribution in [0.3, 0.4) is 0 Å². The first-order chi connectivity index (χ1) is 8.86. The van der Waals surface area contributed by atoms with Crippen LogP contribution in [-0.2, 0) is 0 Å². The number of piperazine rings is 1. The van der Waals surface area contributed by atoms with Gasteiger partial charge in [0.1, 0.15) is 0 Å². The Balaban J connectivity index is 1.65. The quantitative estimate of drug-likeness (QED) is 0.819. The number of aliphatic hydroxyl groups excluding tert-OH is 1. The molecule has 0 radical (unpaired) electrons. The van der Waals surface area contributed by atoms with Crippen molar-refractivity contribution in [2.75, 3.05) is 37.7 Å². The third kappa shape index (κ3) is 2.33. The summed E-state index contributed by atoms with van der Waals surface area (Å²) in [7, 11) is 0. The van der Waals surface area contributed by atoms with E-state index in [0.717, 1.165) is 38.5 Å². The average Bonchev–Trinajstić information content (AvgIpc) is 2.47. The third-order valence-electron chi connectivity index (χ3n) is 4.10. The zero-order valence-corrected chi connectivity index (χ0v) is 10.6. The van der Waals surface area contributed by atoms with E-state index in [1.165, 1.54) is 6.42 Å². The standard InChI is InChI=1S/C13H20N4O/c18-10-11-2-3-12-9-17(7-6-16(12)8-11)13-14-4-1-5-15-13/h1,4-5,11-12,18H,2-3,6-10H2/t11-,12?/m0/s1. The van der Waals surface area contributed by atoms with Crippen LogP contribution in [0.4, 0.5) is 5.95 Å². The van der Waals surface area contributed by atoms with E-state index in [1.807, 2.05) is 6.07 Å². The molecular formula is C13H20N4O. The fraction of sp³-hybridized carbons (Fsp3) is 0.692. The number of hydrogen-bond acceptors (Lipinski definition) is 5. The Bertz CT molecular complexity index is 386. The van der Waals surface area contributed by atoms with E-state index in [4.69, 9.17) is 0 Å². The van der Waals surface area contributed by atoms with Gasteiger partial charge in [0.2, 0.25) is 5.95 Å². The largest absolute Gasteiger partial charge is 0.396 e. The molecule has 5 heteroatoms. The molecule has 3 rings (SSSR count). The molecule has 2 atom stereocenters. The van der Waals surface area contributed by atoms with Crippen molar-refractivity contribution in [2.24, 2.45) is 5.92 Å². The highest BCUT2D eigenvalue weighted by molar-refractivity contribution is 5.30. The van der Waals surface area contributed by atoms with Crippen LogP contribution in [0.2, 0.25) is 0 Å². The Kier molecular flexibility index (Phi) is 3.43. The first-order valence-corrected chi connectivity index (χ1v) is 6.73. The molecule has 98 valence electrons. The number of rotatable bonds is 2. The van der Waals surface area contributed by atoms with Crippen LogP contribution in [0.15, 0.2) is 18.5 Å². The second kappa shape index (κ2) is 5.20. The lowest BCUT2D eigenvalue weighted by Crippen LogP contribution is -2.57. The van der Waals surface area contributed by atoms with E-state index in [1.54, 1.807) is 12.4 Å². The monoisotopic (exact) mass is 248 g/mol. The van der Waals surface area contributed by atoms with E-state index in [9.17, 15) is 5.11 Å². The second-order valence-electron chi connectivity index (χ2n) is 5.27. The summed E-state index contributed by atoms with van der Waals surface area (Å²) in [6.45, 7) is 4.43. The van der Waals surface area contributed by atoms with Crippen molar-refractivity contribution in [1.29, 1.82) is 0 Å². The second-order valence-corrected chi connectivity index (χ2v) is 5.27. The molecule has 0 bridgehead atoms. The number of piperidine rings is 1. The van der Waals surface area contributed by atoms with Gasteiger partial charge in [-0.25, -0.2) is 9.97 Å². The molecule has 2 fully saturated rings. The number of nitrogens with zero attached hydrogens (tertiary/aromatic N) is 4. The van der Waals surface area contributed by atoms with Crippen molar-refractivity contribution >= 4 is 5.95 Å². The maximum atomic E-state index is 9.25. The van der Waals surface area contributed by atoms with Crippen molar-refractivity contribution in [3.8, 4) is 0 Å². The van der Waals surface area contributed by atoms with Crippen molar-refractivity contribution in [3.05, 3.63) is 18.5 Å². The maximum absolute atomic E-state index is 9.25. The molecule has 5 nitrogen and oxygen atoms in total. The van der Waals surface area contributed by atoms with Crippen LogP contribution in [-0.4, -0.2) is 58.8 Å². The lowest BCUT2D eigenvalue weighted by Gasteiger charge is -2.46. The van der Waals surface area contributed by atoms with E-state index in [2.05, 4.69) is 19.8 Å². The van der Waals surface area contributed by atoms with Crippen molar-refractivity contribution < 1.29 is 5.11 Å². The van der Waals surface area contributed by atoms with Crippen molar-refractivity contribution in [1.82, 2.24) is 14.9 Å². The van der Waals surface area contributed by atoms with Crippen molar-refractivity contribution in [2.45, 2.75) is 18.9 Å². The summed E-state index contributed by atoms with van der Waals surface area (Å²) in [6, 6.07) is 2.46. The molecule has 1 aromatic rings. The number of hydrogen-bond donors (Lipinski definition) is 1. The number of aromatic nitrogens is 2. The predicted molar refractivity (Wildman–Crippen MR) is 69.4 cm³/mol. The molecule has 0 saturated carbocycles. The minimum absolute atomic E-state index is 0.328. The molecular weight excluding hydrogens is 228 g/mol. The highest BCUT2D eigenvalue weighted by atomic mass is 16.3. The lowest BCUT2D eigenvalue weighted by molar-refractivity contribution is 0.0670. The summed E-state index contributed by atoms with van der Waals surface area (Å²) in [5.41, 5.74) is 0. The van der Waals surface area contributed by atoms with Crippen molar-refractivity contribution in [3.63, 3.8) is 0 Å². The summed E-state index contributed by atoms with van der Waals surface area (Å²) < 4.78 is 0. The Morgan fingerprint density at radius 3 is 2.78 bits per heavy atom. The van der Waals surface area contributed by atoms with Gasteiger partial charge in [0.15, 0.2) is 0 Å². The van der Waals surface area contributed by atoms with Gasteiger partial charge in [-0.2, -0.15) is 0 Å². The first-order valence-electron chi connectivity index (χ1n) is 6.73. The SMILES string of the molecule is OC[C@H]1CCC2CN(c3ncccn3)CCN2C1. The van der Waals surface area contributed by atoms with E-state index < -0.39 is 0 Å². The summed E-state index contributed by atoms with van der Waals surface area (Å²) in [5.74, 6) is 1.32. The Hall–Kier alpha value is -1.20. The summed E-state index contributed by atoms with van der Waals surface area (Å²) >= 11 is 0. The highest BCUT2D eigenvalue weighted by Gasteiger charge is 2.33. The molecule has 3 heterocycles. The minimum atomic E-state index is 0.328. The third-order valence-corrected chi connectivity index (χ3v) is 4.10. The smallest absolute Gasteiger partial charge is 0.225 e. The maximum Gasteiger partial charge on any atom is 0.225 e. The van der Waals surface area contributed by atoms with E-state index in [-0.39, 0.29) is 0 Å². The molecule has 0 aliphatic carbocycles. The van der Waals surface area contributed by atoms with Crippen LogP contribution in [0.1, 0.15) is 12.8 Å². The van der Waals surface area contributed by atoms with Gasteiger partial charge in [0.05, 0.1) is 0 Å². The minimum Gasteiger partial charge on any atom is -0.396 e. The first kappa shape index (κ1) is 11.9. The fourth-order valence-corrected chi connectivity index (χ4v) is 3.04. The zero-order valence-electron chi connectivity index (χ0n) is 10.6. The van der Waals surface area contributed by atoms with Gasteiger partial charge in [-0.1, -0.05) is 0 Å². The molecule has 0 spiro atoms. The molecule has 18 heavy (non-hydrogen) atoms. The molecule has 0 amide bonds. The normalized spacial score (nSPS) is 29.1. The molecule has 0 aromatic carbocycles. The molecule has 2 aliphatic heterocycles. The lowest BCUT2D eigenvalue weighted by atomic mass is 9.92. The Morgan fingerprint density at radius 1 is 1.17 bits per heavy atom. The van der Waals surface area contributed by atoms with E-state index >= 15 is 0 Å². The summed E-state index contributed by atoms with van der Waals surface area (Å²) in [6.07, 6.45) is 5.92. The predicted octanol–water partition coefficient (Wildman–Crippen LogP) is 0.369. The molecule has 1 aromatic heterocycles. The van der Waals surface area contributed by atoms with Gasteiger partial charge in [0, 0.05) is 51.2 Å². The molecule has 1 N–H and O–H groups in total. The van der Waals surface area contributed by atoms with Crippen LogP contribution in [0.5, 0.6) is 0 Å². The summed E-state index contributed by atoms with van der Waals surface area (Å²) in [4.78, 5) is 13.5. The van der Waals surface area contributed by atoms with Gasteiger partial charge in [0.25, 0.3) is 0 Å². The Morgan fingerprint density at radius 2 is 2.00 bits per heavy atom. The molecule has 2 saturated heterocycles. The molecule has 2 aliphatic rings. The number of aliphatic hydroxyl groups is 1. The van der Waals surface area contributed by atoms with Gasteiger partial charge in [-0.3, -0.25) is 4.90 Å². The average molecular weight is 248 g/mol. The number of fused-ring (bicyclic) bond motifs is 1. The van der Waals surface area contributed by atoms with Gasteiger partial charge in [-0.15, -0.1) is 0 Å². The van der Waals surface area contributed by atoms with Gasteiger partial charge < -0.3 is 10.0 Å². The van der Waals surface area contributed by atoms with Gasteiger partial charge in [-0.05, 0) is 24.8 Å².